The molecule has 1 aromatic heterocycles. The first-order valence-electron chi connectivity index (χ1n) is 11.6. The number of methoxy groups -OCH3 is 2. The number of hydrogen-bond acceptors (Lipinski definition) is 8. The number of fused-ring (bicyclic) bond motifs is 1. The molecule has 1 atom stereocenters. The van der Waals surface area contributed by atoms with Crippen molar-refractivity contribution in [2.45, 2.75) is 18.9 Å². The highest BCUT2D eigenvalue weighted by molar-refractivity contribution is 5.94. The molecular weight excluding hydrogens is 434 g/mol. The number of anilines is 3. The molecule has 1 amide bonds. The van der Waals surface area contributed by atoms with Crippen LogP contribution in [0.5, 0.6) is 11.5 Å². The van der Waals surface area contributed by atoms with Crippen LogP contribution < -0.4 is 19.7 Å². The van der Waals surface area contributed by atoms with Gasteiger partial charge in [0.05, 0.1) is 19.7 Å². The topological polar surface area (TPSA) is 89.1 Å². The highest BCUT2D eigenvalue weighted by Crippen LogP contribution is 2.36. The number of ether oxygens (including phenoxy) is 3. The van der Waals surface area contributed by atoms with Gasteiger partial charge in [0.25, 0.3) is 5.91 Å². The van der Waals surface area contributed by atoms with Crippen molar-refractivity contribution in [3.05, 3.63) is 42.5 Å². The Hall–Kier alpha value is -3.59. The van der Waals surface area contributed by atoms with E-state index in [1.54, 1.807) is 14.2 Å². The van der Waals surface area contributed by atoms with Gasteiger partial charge in [-0.3, -0.25) is 4.79 Å². The molecule has 0 radical (unpaired) electrons. The van der Waals surface area contributed by atoms with Crippen LogP contribution in [0.4, 0.5) is 17.5 Å². The lowest BCUT2D eigenvalue weighted by Crippen LogP contribution is -2.51. The van der Waals surface area contributed by atoms with E-state index in [0.717, 1.165) is 29.4 Å². The largest absolute Gasteiger partial charge is 0.493 e. The maximum Gasteiger partial charge on any atom is 0.251 e. The Labute approximate surface area is 198 Å². The van der Waals surface area contributed by atoms with Crippen LogP contribution >= 0.6 is 0 Å². The van der Waals surface area contributed by atoms with E-state index in [2.05, 4.69) is 10.2 Å². The molecule has 2 saturated heterocycles. The Bertz CT molecular complexity index is 1160. The molecule has 1 unspecified atom stereocenters. The number of benzene rings is 2. The van der Waals surface area contributed by atoms with Crippen LogP contribution in [0.2, 0.25) is 0 Å². The monoisotopic (exact) mass is 463 g/mol. The molecule has 0 aliphatic carbocycles. The van der Waals surface area contributed by atoms with Gasteiger partial charge in [-0.1, -0.05) is 18.2 Å². The standard InChI is InChI=1S/C25H29N5O4/c1-32-21-15-18-19(16-22(21)33-2)27-25(28-23(18)26-17-7-4-3-5-8-17)30-12-10-29(11-13-30)24(31)20-9-6-14-34-20/h3-5,7-8,15-16,20H,6,9-14H2,1-2H3,(H,26,27,28). The van der Waals surface area contributed by atoms with Crippen molar-refractivity contribution in [3.63, 3.8) is 0 Å². The van der Waals surface area contributed by atoms with Gasteiger partial charge in [0.1, 0.15) is 11.9 Å². The molecular formula is C25H29N5O4. The zero-order valence-electron chi connectivity index (χ0n) is 19.5. The van der Waals surface area contributed by atoms with E-state index < -0.39 is 0 Å². The summed E-state index contributed by atoms with van der Waals surface area (Å²) in [6, 6.07) is 13.7. The van der Waals surface area contributed by atoms with Gasteiger partial charge in [-0.15, -0.1) is 0 Å². The first-order chi connectivity index (χ1) is 16.7. The molecule has 0 saturated carbocycles. The molecule has 5 rings (SSSR count). The van der Waals surface area contributed by atoms with Gasteiger partial charge < -0.3 is 29.3 Å². The molecule has 0 bridgehead atoms. The number of nitrogens with zero attached hydrogens (tertiary/aromatic N) is 4. The normalized spacial score (nSPS) is 18.2. The van der Waals surface area contributed by atoms with Crippen molar-refractivity contribution in [2.75, 3.05) is 57.2 Å². The van der Waals surface area contributed by atoms with Gasteiger partial charge in [0.2, 0.25) is 5.95 Å². The molecule has 2 fully saturated rings. The minimum atomic E-state index is -0.285. The van der Waals surface area contributed by atoms with Crippen LogP contribution in [0.1, 0.15) is 12.8 Å². The minimum absolute atomic E-state index is 0.0971. The minimum Gasteiger partial charge on any atom is -0.493 e. The van der Waals surface area contributed by atoms with Crippen LogP contribution in [-0.4, -0.2) is 73.9 Å². The number of rotatable bonds is 6. The van der Waals surface area contributed by atoms with Crippen LogP contribution in [0, 0.1) is 0 Å². The van der Waals surface area contributed by atoms with Gasteiger partial charge in [-0.2, -0.15) is 4.98 Å². The smallest absolute Gasteiger partial charge is 0.251 e. The number of amides is 1. The summed E-state index contributed by atoms with van der Waals surface area (Å²) in [7, 11) is 3.22. The molecule has 3 aromatic rings. The number of hydrogen-bond donors (Lipinski definition) is 1. The molecule has 3 heterocycles. The van der Waals surface area contributed by atoms with Gasteiger partial charge >= 0.3 is 0 Å². The summed E-state index contributed by atoms with van der Waals surface area (Å²) in [6.45, 7) is 3.22. The second kappa shape index (κ2) is 9.72. The molecule has 9 heteroatoms. The highest BCUT2D eigenvalue weighted by Gasteiger charge is 2.31. The predicted molar refractivity (Wildman–Crippen MR) is 130 cm³/mol. The van der Waals surface area contributed by atoms with Crippen molar-refractivity contribution in [1.82, 2.24) is 14.9 Å². The maximum atomic E-state index is 12.7. The van der Waals surface area contributed by atoms with Gasteiger partial charge in [0.15, 0.2) is 11.5 Å². The summed E-state index contributed by atoms with van der Waals surface area (Å²) in [6.07, 6.45) is 1.48. The molecule has 2 aliphatic rings. The number of piperazine rings is 1. The summed E-state index contributed by atoms with van der Waals surface area (Å²) in [5.74, 6) is 2.62. The lowest BCUT2D eigenvalue weighted by Gasteiger charge is -2.36. The molecule has 1 N–H and O–H groups in total. The van der Waals surface area contributed by atoms with Gasteiger partial charge in [0, 0.05) is 49.9 Å². The number of nitrogens with one attached hydrogen (secondary N) is 1. The zero-order valence-corrected chi connectivity index (χ0v) is 19.5. The van der Waals surface area contributed by atoms with Crippen molar-refractivity contribution in [1.29, 1.82) is 0 Å². The average Bonchev–Trinajstić information content (AvgIpc) is 3.43. The number of aromatic nitrogens is 2. The number of para-hydroxylation sites is 1. The highest BCUT2D eigenvalue weighted by atomic mass is 16.5. The van der Waals surface area contributed by atoms with E-state index in [0.29, 0.717) is 56.1 Å². The van der Waals surface area contributed by atoms with Gasteiger partial charge in [-0.25, -0.2) is 4.98 Å². The lowest BCUT2D eigenvalue weighted by molar-refractivity contribution is -0.141. The molecule has 2 aromatic carbocycles. The third kappa shape index (κ3) is 4.43. The summed E-state index contributed by atoms with van der Waals surface area (Å²) < 4.78 is 16.6. The number of carbonyl (C=O) groups excluding carboxylic acids is 1. The summed E-state index contributed by atoms with van der Waals surface area (Å²) in [5, 5.41) is 4.26. The molecule has 2 aliphatic heterocycles. The van der Waals surface area contributed by atoms with Crippen LogP contribution in [-0.2, 0) is 9.53 Å². The molecule has 34 heavy (non-hydrogen) atoms. The second-order valence-electron chi connectivity index (χ2n) is 8.40. The Morgan fingerprint density at radius 3 is 2.44 bits per heavy atom. The lowest BCUT2D eigenvalue weighted by atomic mass is 10.2. The fourth-order valence-electron chi connectivity index (χ4n) is 4.44. The van der Waals surface area contributed by atoms with Crippen LogP contribution in [0.3, 0.4) is 0 Å². The average molecular weight is 464 g/mol. The van der Waals surface area contributed by atoms with Crippen molar-refractivity contribution in [3.8, 4) is 11.5 Å². The SMILES string of the molecule is COc1cc2nc(N3CCN(C(=O)C4CCCO4)CC3)nc(Nc3ccccc3)c2cc1OC. The first kappa shape index (κ1) is 22.2. The third-order valence-electron chi connectivity index (χ3n) is 6.31. The van der Waals surface area contributed by atoms with Crippen LogP contribution in [0.25, 0.3) is 10.9 Å². The van der Waals surface area contributed by atoms with Crippen molar-refractivity contribution >= 4 is 34.3 Å². The Morgan fingerprint density at radius 2 is 1.76 bits per heavy atom. The third-order valence-corrected chi connectivity index (χ3v) is 6.31. The van der Waals surface area contributed by atoms with E-state index in [9.17, 15) is 4.79 Å². The van der Waals surface area contributed by atoms with Gasteiger partial charge in [-0.05, 0) is 31.0 Å². The van der Waals surface area contributed by atoms with E-state index in [4.69, 9.17) is 24.2 Å². The number of carbonyl (C=O) groups is 1. The van der Waals surface area contributed by atoms with Crippen LogP contribution in [0.15, 0.2) is 42.5 Å². The van der Waals surface area contributed by atoms with Crippen molar-refractivity contribution < 1.29 is 19.0 Å². The summed E-state index contributed by atoms with van der Waals surface area (Å²) in [5.41, 5.74) is 1.68. The predicted octanol–water partition coefficient (Wildman–Crippen LogP) is 3.22. The summed E-state index contributed by atoms with van der Waals surface area (Å²) >= 11 is 0. The molecule has 0 spiro atoms. The quantitative estimate of drug-likeness (QED) is 0.596. The maximum absolute atomic E-state index is 12.7. The Balaban J connectivity index is 1.44. The fourth-order valence-corrected chi connectivity index (χ4v) is 4.44. The Morgan fingerprint density at radius 1 is 1.03 bits per heavy atom. The Kier molecular flexibility index (Phi) is 6.35. The van der Waals surface area contributed by atoms with E-state index >= 15 is 0 Å². The zero-order chi connectivity index (χ0) is 23.5. The van der Waals surface area contributed by atoms with E-state index in [1.807, 2.05) is 47.4 Å². The molecule has 178 valence electrons. The van der Waals surface area contributed by atoms with E-state index in [1.165, 1.54) is 0 Å². The van der Waals surface area contributed by atoms with Crippen molar-refractivity contribution in [2.24, 2.45) is 0 Å². The summed E-state index contributed by atoms with van der Waals surface area (Å²) in [4.78, 5) is 26.5. The molecule has 9 nitrogen and oxygen atoms in total. The second-order valence-corrected chi connectivity index (χ2v) is 8.40. The fraction of sp³-hybridized carbons (Fsp3) is 0.400. The van der Waals surface area contributed by atoms with E-state index in [-0.39, 0.29) is 12.0 Å². The first-order valence-corrected chi connectivity index (χ1v) is 11.6.